The smallest absolute Gasteiger partial charge is 0.306 e. The van der Waals surface area contributed by atoms with Crippen molar-refractivity contribution in [1.82, 2.24) is 0 Å². The number of hydrogen-bond donors (Lipinski definition) is 2. The predicted molar refractivity (Wildman–Crippen MR) is 197 cm³/mol. The minimum atomic E-state index is -0.818. The first-order valence-electron chi connectivity index (χ1n) is 19.3. The number of rotatable bonds is 34. The molecule has 0 amide bonds. The fraction of sp³-hybridized carbons (Fsp3) is 0.756. The number of hydrogen-bond acceptors (Lipinski definition) is 6. The quantitative estimate of drug-likeness (QED) is 0.0309. The van der Waals surface area contributed by atoms with Gasteiger partial charge in [-0.15, -0.1) is 0 Å². The molecular formula is C41H72O6. The second-order valence-electron chi connectivity index (χ2n) is 12.9. The molecule has 0 aromatic rings. The van der Waals surface area contributed by atoms with Gasteiger partial charge in [0.15, 0.2) is 6.10 Å². The van der Waals surface area contributed by atoms with Crippen LogP contribution in [0.15, 0.2) is 48.6 Å². The monoisotopic (exact) mass is 661 g/mol. The Hall–Kier alpha value is -2.18. The van der Waals surface area contributed by atoms with E-state index in [-0.39, 0.29) is 31.6 Å². The van der Waals surface area contributed by atoms with E-state index in [1.54, 1.807) is 6.08 Å². The second kappa shape index (κ2) is 36.7. The Bertz CT molecular complexity index is 815. The summed E-state index contributed by atoms with van der Waals surface area (Å²) >= 11 is 0. The van der Waals surface area contributed by atoms with E-state index >= 15 is 0 Å². The molecule has 2 atom stereocenters. The Labute approximate surface area is 289 Å². The van der Waals surface area contributed by atoms with Crippen molar-refractivity contribution in [1.29, 1.82) is 0 Å². The number of unbranched alkanes of at least 4 members (excludes halogenated alkanes) is 18. The zero-order valence-electron chi connectivity index (χ0n) is 30.4. The lowest BCUT2D eigenvalue weighted by Crippen LogP contribution is -2.28. The number of carbonyl (C=O) groups is 2. The van der Waals surface area contributed by atoms with Crippen LogP contribution >= 0.6 is 0 Å². The molecule has 6 heteroatoms. The second-order valence-corrected chi connectivity index (χ2v) is 12.9. The topological polar surface area (TPSA) is 93.1 Å². The summed E-state index contributed by atoms with van der Waals surface area (Å²) in [6, 6.07) is 0. The van der Waals surface area contributed by atoms with Crippen molar-refractivity contribution in [2.75, 3.05) is 13.2 Å². The van der Waals surface area contributed by atoms with Gasteiger partial charge in [-0.05, 0) is 44.9 Å². The summed E-state index contributed by atoms with van der Waals surface area (Å²) in [6.45, 7) is 3.98. The summed E-state index contributed by atoms with van der Waals surface area (Å²) in [5.74, 6) is -0.719. The van der Waals surface area contributed by atoms with E-state index in [1.807, 2.05) is 24.3 Å². The number of aliphatic hydroxyl groups is 2. The Morgan fingerprint density at radius 3 is 1.74 bits per heavy atom. The molecule has 0 heterocycles. The summed E-state index contributed by atoms with van der Waals surface area (Å²) < 4.78 is 10.5. The van der Waals surface area contributed by atoms with Crippen LogP contribution in [0.4, 0.5) is 0 Å². The molecule has 0 aliphatic rings. The van der Waals surface area contributed by atoms with Gasteiger partial charge in [-0.2, -0.15) is 0 Å². The first-order chi connectivity index (χ1) is 23.0. The van der Waals surface area contributed by atoms with Crippen molar-refractivity contribution in [2.24, 2.45) is 0 Å². The molecule has 272 valence electrons. The van der Waals surface area contributed by atoms with Gasteiger partial charge < -0.3 is 19.7 Å². The normalized spacial score (nSPS) is 13.4. The highest BCUT2D eigenvalue weighted by atomic mass is 16.6. The van der Waals surface area contributed by atoms with Crippen LogP contribution in [-0.4, -0.2) is 47.6 Å². The van der Waals surface area contributed by atoms with Crippen molar-refractivity contribution < 1.29 is 29.3 Å². The van der Waals surface area contributed by atoms with Crippen molar-refractivity contribution in [3.63, 3.8) is 0 Å². The number of allylic oxidation sites excluding steroid dienone is 6. The lowest BCUT2D eigenvalue weighted by Gasteiger charge is -2.15. The summed E-state index contributed by atoms with van der Waals surface area (Å²) in [4.78, 5) is 24.2. The molecule has 0 radical (unpaired) electrons. The van der Waals surface area contributed by atoms with E-state index in [9.17, 15) is 19.8 Å². The maximum atomic E-state index is 12.1. The highest BCUT2D eigenvalue weighted by Crippen LogP contribution is 2.14. The van der Waals surface area contributed by atoms with Gasteiger partial charge in [0, 0.05) is 12.8 Å². The number of ether oxygens (including phenoxy) is 2. The molecule has 0 saturated heterocycles. The molecular weight excluding hydrogens is 588 g/mol. The van der Waals surface area contributed by atoms with Gasteiger partial charge in [0.25, 0.3) is 0 Å². The van der Waals surface area contributed by atoms with Crippen molar-refractivity contribution in [3.05, 3.63) is 48.6 Å². The van der Waals surface area contributed by atoms with Crippen molar-refractivity contribution >= 4 is 11.9 Å². The zero-order valence-corrected chi connectivity index (χ0v) is 30.4. The van der Waals surface area contributed by atoms with E-state index in [0.717, 1.165) is 32.1 Å². The van der Waals surface area contributed by atoms with Crippen molar-refractivity contribution in [2.45, 2.75) is 187 Å². The van der Waals surface area contributed by atoms with Crippen LogP contribution in [0.1, 0.15) is 174 Å². The van der Waals surface area contributed by atoms with E-state index in [0.29, 0.717) is 25.7 Å². The molecule has 0 aliphatic carbocycles. The fourth-order valence-electron chi connectivity index (χ4n) is 5.21. The van der Waals surface area contributed by atoms with E-state index in [4.69, 9.17) is 9.47 Å². The van der Waals surface area contributed by atoms with Crippen molar-refractivity contribution in [3.8, 4) is 0 Å². The lowest BCUT2D eigenvalue weighted by molar-refractivity contribution is -0.161. The first kappa shape index (κ1) is 44.8. The predicted octanol–water partition coefficient (Wildman–Crippen LogP) is 10.8. The van der Waals surface area contributed by atoms with Crippen LogP contribution in [0.25, 0.3) is 0 Å². The molecule has 0 aromatic heterocycles. The van der Waals surface area contributed by atoms with Gasteiger partial charge in [0.1, 0.15) is 6.61 Å². The molecule has 0 aromatic carbocycles. The van der Waals surface area contributed by atoms with Crippen LogP contribution in [0, 0.1) is 0 Å². The average Bonchev–Trinajstić information content (AvgIpc) is 3.07. The van der Waals surface area contributed by atoms with E-state index in [1.165, 1.54) is 96.3 Å². The van der Waals surface area contributed by atoms with Crippen LogP contribution in [-0.2, 0) is 19.1 Å². The third-order valence-corrected chi connectivity index (χ3v) is 8.21. The maximum Gasteiger partial charge on any atom is 0.306 e. The third kappa shape index (κ3) is 35.0. The summed E-state index contributed by atoms with van der Waals surface area (Å²) in [6.07, 6.45) is 41.9. The molecule has 0 aliphatic heterocycles. The van der Waals surface area contributed by atoms with Gasteiger partial charge in [0.2, 0.25) is 0 Å². The minimum absolute atomic E-state index is 0.125. The van der Waals surface area contributed by atoms with Gasteiger partial charge in [-0.25, -0.2) is 0 Å². The Morgan fingerprint density at radius 2 is 1.13 bits per heavy atom. The SMILES string of the molecule is CCCCC/C=C\C/C=C\CC(O)/C=C\C=C\CCCC(=O)OC[C@H](CO)OC(=O)CCCCCCCCCCCCCCCCC. The third-order valence-electron chi connectivity index (χ3n) is 8.21. The van der Waals surface area contributed by atoms with Crippen LogP contribution in [0.5, 0.6) is 0 Å². The first-order valence-corrected chi connectivity index (χ1v) is 19.3. The standard InChI is InChI=1S/C41H72O6/c1-3-5-7-9-11-13-14-15-16-17-18-20-22-26-31-35-41(45)47-39(36-42)37-46-40(44)34-30-27-23-25-29-33-38(43)32-28-24-21-19-12-10-8-6-4-2/h12,19,23-25,28-29,33,38-39,42-43H,3-11,13-18,20-22,26-27,30-32,34-37H2,1-2H3/b19-12-,25-23+,28-24-,33-29-/t38?,39-/m0/s1. The van der Waals surface area contributed by atoms with Crippen LogP contribution < -0.4 is 0 Å². The lowest BCUT2D eigenvalue weighted by atomic mass is 10.0. The summed E-state index contributed by atoms with van der Waals surface area (Å²) in [5.41, 5.74) is 0. The summed E-state index contributed by atoms with van der Waals surface area (Å²) in [7, 11) is 0. The fourth-order valence-corrected chi connectivity index (χ4v) is 5.21. The molecule has 6 nitrogen and oxygen atoms in total. The molecule has 0 spiro atoms. The maximum absolute atomic E-state index is 12.1. The zero-order chi connectivity index (χ0) is 34.5. The molecule has 0 bridgehead atoms. The molecule has 47 heavy (non-hydrogen) atoms. The molecule has 0 rings (SSSR count). The van der Waals surface area contributed by atoms with Gasteiger partial charge in [-0.1, -0.05) is 165 Å². The average molecular weight is 661 g/mol. The number of esters is 2. The largest absolute Gasteiger partial charge is 0.462 e. The highest BCUT2D eigenvalue weighted by molar-refractivity contribution is 5.70. The van der Waals surface area contributed by atoms with E-state index < -0.39 is 12.2 Å². The van der Waals surface area contributed by atoms with Crippen LogP contribution in [0.2, 0.25) is 0 Å². The molecule has 2 N–H and O–H groups in total. The van der Waals surface area contributed by atoms with Gasteiger partial charge in [-0.3, -0.25) is 9.59 Å². The minimum Gasteiger partial charge on any atom is -0.462 e. The number of aliphatic hydroxyl groups excluding tert-OH is 2. The number of carbonyl (C=O) groups excluding carboxylic acids is 2. The molecule has 0 fully saturated rings. The van der Waals surface area contributed by atoms with E-state index in [2.05, 4.69) is 32.1 Å². The Balaban J connectivity index is 3.75. The van der Waals surface area contributed by atoms with Crippen LogP contribution in [0.3, 0.4) is 0 Å². The van der Waals surface area contributed by atoms with Gasteiger partial charge in [0.05, 0.1) is 12.7 Å². The van der Waals surface area contributed by atoms with Gasteiger partial charge >= 0.3 is 11.9 Å². The highest BCUT2D eigenvalue weighted by Gasteiger charge is 2.16. The Kier molecular flexibility index (Phi) is 35.0. The molecule has 1 unspecified atom stereocenters. The Morgan fingerprint density at radius 1 is 0.596 bits per heavy atom. The molecule has 0 saturated carbocycles. The summed E-state index contributed by atoms with van der Waals surface area (Å²) in [5, 5.41) is 19.6.